The van der Waals surface area contributed by atoms with Crippen LogP contribution in [-0.4, -0.2) is 56.2 Å². The molecule has 1 aromatic carbocycles. The minimum Gasteiger partial charge on any atom is -0.488 e. The van der Waals surface area contributed by atoms with E-state index in [1.807, 2.05) is 19.2 Å². The maximum Gasteiger partial charge on any atom is 0.191 e. The summed E-state index contributed by atoms with van der Waals surface area (Å²) in [6.07, 6.45) is 1.13. The fourth-order valence-corrected chi connectivity index (χ4v) is 3.02. The number of fused-ring (bicyclic) bond motifs is 1. The van der Waals surface area contributed by atoms with E-state index in [0.29, 0.717) is 6.04 Å². The number of likely N-dealkylation sites (N-methyl/N-ethyl adjacent to an activating group) is 1. The maximum atomic E-state index is 5.95. The van der Waals surface area contributed by atoms with E-state index in [1.54, 1.807) is 0 Å². The average molecular weight is 318 g/mol. The third-order valence-corrected chi connectivity index (χ3v) is 4.44. The largest absolute Gasteiger partial charge is 0.488 e. The van der Waals surface area contributed by atoms with E-state index in [-0.39, 0.29) is 6.10 Å². The number of para-hydroxylation sites is 1. The van der Waals surface area contributed by atoms with Crippen molar-refractivity contribution in [2.24, 2.45) is 4.99 Å². The van der Waals surface area contributed by atoms with Crippen molar-refractivity contribution in [2.75, 3.05) is 33.2 Å². The van der Waals surface area contributed by atoms with E-state index < -0.39 is 0 Å². The van der Waals surface area contributed by atoms with Gasteiger partial charge in [0.25, 0.3) is 0 Å². The Kier molecular flexibility index (Phi) is 6.71. The van der Waals surface area contributed by atoms with Crippen LogP contribution < -0.4 is 15.4 Å². The fourth-order valence-electron chi connectivity index (χ4n) is 3.02. The summed E-state index contributed by atoms with van der Waals surface area (Å²) in [7, 11) is 1.81. The van der Waals surface area contributed by atoms with E-state index in [0.717, 1.165) is 44.3 Å². The Balaban J connectivity index is 1.74. The maximum absolute atomic E-state index is 5.95. The molecule has 0 radical (unpaired) electrons. The van der Waals surface area contributed by atoms with Gasteiger partial charge in [0, 0.05) is 26.1 Å². The topological polar surface area (TPSA) is 48.9 Å². The molecule has 0 bridgehead atoms. The van der Waals surface area contributed by atoms with E-state index in [4.69, 9.17) is 4.74 Å². The molecule has 0 aromatic heterocycles. The highest BCUT2D eigenvalue weighted by Gasteiger charge is 2.22. The van der Waals surface area contributed by atoms with Crippen molar-refractivity contribution in [3.63, 3.8) is 0 Å². The van der Waals surface area contributed by atoms with Crippen LogP contribution in [0.4, 0.5) is 0 Å². The number of ether oxygens (including phenoxy) is 1. The zero-order valence-electron chi connectivity index (χ0n) is 14.8. The number of benzene rings is 1. The smallest absolute Gasteiger partial charge is 0.191 e. The van der Waals surface area contributed by atoms with Gasteiger partial charge in [0.2, 0.25) is 0 Å². The monoisotopic (exact) mass is 318 g/mol. The van der Waals surface area contributed by atoms with Gasteiger partial charge in [0.05, 0.1) is 6.54 Å². The minimum absolute atomic E-state index is 0.172. The Morgan fingerprint density at radius 1 is 1.30 bits per heavy atom. The first-order valence-corrected chi connectivity index (χ1v) is 8.61. The molecule has 5 nitrogen and oxygen atoms in total. The van der Waals surface area contributed by atoms with Crippen molar-refractivity contribution in [1.29, 1.82) is 0 Å². The zero-order chi connectivity index (χ0) is 16.7. The predicted octanol–water partition coefficient (Wildman–Crippen LogP) is 1.89. The molecule has 23 heavy (non-hydrogen) atoms. The molecule has 2 N–H and O–H groups in total. The number of guanidine groups is 1. The third-order valence-electron chi connectivity index (χ3n) is 4.44. The van der Waals surface area contributed by atoms with Crippen molar-refractivity contribution in [3.05, 3.63) is 29.8 Å². The van der Waals surface area contributed by atoms with Crippen LogP contribution in [0.15, 0.2) is 29.3 Å². The molecule has 0 saturated carbocycles. The first kappa shape index (κ1) is 17.6. The highest BCUT2D eigenvalue weighted by molar-refractivity contribution is 5.79. The third kappa shape index (κ3) is 4.86. The number of nitrogens with one attached hydrogen (secondary N) is 2. The second-order valence-corrected chi connectivity index (χ2v) is 5.96. The lowest BCUT2D eigenvalue weighted by molar-refractivity contribution is 0.228. The molecule has 0 amide bonds. The van der Waals surface area contributed by atoms with E-state index in [2.05, 4.69) is 53.4 Å². The van der Waals surface area contributed by atoms with Gasteiger partial charge in [-0.1, -0.05) is 32.0 Å². The van der Waals surface area contributed by atoms with Crippen LogP contribution >= 0.6 is 0 Å². The first-order chi connectivity index (χ1) is 11.2. The SMILES string of the molecule is CCN(CC)C(C)CNC(=NC)NCC1Cc2ccccc2O1. The van der Waals surface area contributed by atoms with Gasteiger partial charge in [-0.05, 0) is 31.6 Å². The van der Waals surface area contributed by atoms with Crippen molar-refractivity contribution < 1.29 is 4.74 Å². The lowest BCUT2D eigenvalue weighted by Gasteiger charge is -2.27. The van der Waals surface area contributed by atoms with Crippen molar-refractivity contribution >= 4 is 5.96 Å². The van der Waals surface area contributed by atoms with E-state index >= 15 is 0 Å². The molecule has 0 fully saturated rings. The molecule has 1 heterocycles. The normalized spacial score (nSPS) is 18.5. The van der Waals surface area contributed by atoms with Crippen LogP contribution in [0.3, 0.4) is 0 Å². The molecular formula is C18H30N4O. The quantitative estimate of drug-likeness (QED) is 0.595. The highest BCUT2D eigenvalue weighted by Crippen LogP contribution is 2.27. The summed E-state index contributed by atoms with van der Waals surface area (Å²) in [5, 5.41) is 6.78. The molecular weight excluding hydrogens is 288 g/mol. The van der Waals surface area contributed by atoms with Crippen molar-refractivity contribution in [3.8, 4) is 5.75 Å². The van der Waals surface area contributed by atoms with Gasteiger partial charge in [-0.3, -0.25) is 9.89 Å². The lowest BCUT2D eigenvalue weighted by atomic mass is 10.1. The number of hydrogen-bond donors (Lipinski definition) is 2. The number of nitrogens with zero attached hydrogens (tertiary/aromatic N) is 2. The van der Waals surface area contributed by atoms with Crippen molar-refractivity contribution in [1.82, 2.24) is 15.5 Å². The van der Waals surface area contributed by atoms with Crippen LogP contribution in [0.5, 0.6) is 5.75 Å². The average Bonchev–Trinajstić information content (AvgIpc) is 2.99. The molecule has 0 aliphatic carbocycles. The summed E-state index contributed by atoms with van der Waals surface area (Å²) in [5.74, 6) is 1.85. The summed E-state index contributed by atoms with van der Waals surface area (Å²) < 4.78 is 5.95. The van der Waals surface area contributed by atoms with Crippen LogP contribution in [0.25, 0.3) is 0 Å². The van der Waals surface area contributed by atoms with E-state index in [9.17, 15) is 0 Å². The Bertz CT molecular complexity index is 488. The van der Waals surface area contributed by atoms with Crippen LogP contribution in [0.2, 0.25) is 0 Å². The number of hydrogen-bond acceptors (Lipinski definition) is 3. The van der Waals surface area contributed by atoms with Crippen LogP contribution in [0.1, 0.15) is 26.3 Å². The molecule has 5 heteroatoms. The second-order valence-electron chi connectivity index (χ2n) is 5.96. The Morgan fingerprint density at radius 3 is 2.70 bits per heavy atom. The first-order valence-electron chi connectivity index (χ1n) is 8.61. The molecule has 0 saturated heterocycles. The molecule has 1 aromatic rings. The van der Waals surface area contributed by atoms with Crippen LogP contribution in [-0.2, 0) is 6.42 Å². The highest BCUT2D eigenvalue weighted by atomic mass is 16.5. The van der Waals surface area contributed by atoms with E-state index in [1.165, 1.54) is 5.56 Å². The Hall–Kier alpha value is -1.75. The predicted molar refractivity (Wildman–Crippen MR) is 96.3 cm³/mol. The number of aliphatic imine (C=N–C) groups is 1. The minimum atomic E-state index is 0.172. The second kappa shape index (κ2) is 8.77. The van der Waals surface area contributed by atoms with Crippen molar-refractivity contribution in [2.45, 2.75) is 39.3 Å². The molecule has 2 unspecified atom stereocenters. The molecule has 2 atom stereocenters. The van der Waals surface area contributed by atoms with Gasteiger partial charge in [0.1, 0.15) is 11.9 Å². The molecule has 2 rings (SSSR count). The van der Waals surface area contributed by atoms with Gasteiger partial charge in [-0.25, -0.2) is 0 Å². The lowest BCUT2D eigenvalue weighted by Crippen LogP contribution is -2.47. The molecule has 1 aliphatic heterocycles. The number of rotatable bonds is 7. The summed E-state index contributed by atoms with van der Waals surface area (Å²) in [6, 6.07) is 8.73. The summed E-state index contributed by atoms with van der Waals surface area (Å²) in [5.41, 5.74) is 1.29. The molecule has 128 valence electrons. The van der Waals surface area contributed by atoms with Gasteiger partial charge < -0.3 is 15.4 Å². The van der Waals surface area contributed by atoms with Gasteiger partial charge in [-0.15, -0.1) is 0 Å². The van der Waals surface area contributed by atoms with Gasteiger partial charge >= 0.3 is 0 Å². The summed E-state index contributed by atoms with van der Waals surface area (Å²) >= 11 is 0. The van der Waals surface area contributed by atoms with Crippen LogP contribution in [0, 0.1) is 0 Å². The fraction of sp³-hybridized carbons (Fsp3) is 0.611. The zero-order valence-corrected chi connectivity index (χ0v) is 14.8. The standard InChI is InChI=1S/C18H30N4O/c1-5-22(6-2)14(3)12-20-18(19-4)21-13-16-11-15-9-7-8-10-17(15)23-16/h7-10,14,16H,5-6,11-13H2,1-4H3,(H2,19,20,21). The van der Waals surface area contributed by atoms with Gasteiger partial charge in [-0.2, -0.15) is 0 Å². The Morgan fingerprint density at radius 2 is 2.04 bits per heavy atom. The summed E-state index contributed by atoms with van der Waals surface area (Å²) in [6.45, 7) is 10.4. The summed E-state index contributed by atoms with van der Waals surface area (Å²) in [4.78, 5) is 6.73. The molecule has 1 aliphatic rings. The Labute approximate surface area is 140 Å². The van der Waals surface area contributed by atoms with Gasteiger partial charge in [0.15, 0.2) is 5.96 Å². The molecule has 0 spiro atoms.